The quantitative estimate of drug-likeness (QED) is 0.341. The third-order valence-corrected chi connectivity index (χ3v) is 4.08. The number of nitro groups is 1. The molecule has 0 bridgehead atoms. The van der Waals surface area contributed by atoms with Crippen molar-refractivity contribution in [3.8, 4) is 5.75 Å². The zero-order valence-corrected chi connectivity index (χ0v) is 13.3. The van der Waals surface area contributed by atoms with Gasteiger partial charge in [0.2, 0.25) is 0 Å². The SMILES string of the molecule is NC(=O)N/N=C/c1ccccc1OS(=O)(=O)c1ccc([N+](=O)[O-])cc1. The summed E-state index contributed by atoms with van der Waals surface area (Å²) >= 11 is 0. The first kappa shape index (κ1) is 17.9. The third-order valence-electron chi connectivity index (χ3n) is 2.83. The van der Waals surface area contributed by atoms with Gasteiger partial charge in [-0.3, -0.25) is 10.1 Å². The number of urea groups is 1. The van der Waals surface area contributed by atoms with Crippen LogP contribution >= 0.6 is 0 Å². The number of primary amides is 1. The molecule has 0 spiro atoms. The van der Waals surface area contributed by atoms with Gasteiger partial charge in [0, 0.05) is 17.7 Å². The standard InChI is InChI=1S/C14H12N4O6S/c15-14(19)17-16-9-10-3-1-2-4-13(10)24-25(22,23)12-7-5-11(6-8-12)18(20)21/h1-9H,(H3,15,17,19)/b16-9+. The highest BCUT2D eigenvalue weighted by molar-refractivity contribution is 7.87. The number of non-ortho nitro benzene ring substituents is 1. The van der Waals surface area contributed by atoms with Crippen LogP contribution in [0.3, 0.4) is 0 Å². The molecule has 2 aromatic carbocycles. The average Bonchev–Trinajstić information content (AvgIpc) is 2.56. The number of carbonyl (C=O) groups is 1. The summed E-state index contributed by atoms with van der Waals surface area (Å²) in [5, 5.41) is 14.2. The Morgan fingerprint density at radius 1 is 1.20 bits per heavy atom. The van der Waals surface area contributed by atoms with E-state index in [0.29, 0.717) is 0 Å². The fourth-order valence-electron chi connectivity index (χ4n) is 1.73. The van der Waals surface area contributed by atoms with Crippen LogP contribution < -0.4 is 15.3 Å². The Labute approximate surface area is 142 Å². The Balaban J connectivity index is 2.27. The van der Waals surface area contributed by atoms with Crippen molar-refractivity contribution in [2.45, 2.75) is 4.90 Å². The second-order valence-electron chi connectivity index (χ2n) is 4.56. The van der Waals surface area contributed by atoms with Crippen molar-refractivity contribution in [3.05, 3.63) is 64.2 Å². The summed E-state index contributed by atoms with van der Waals surface area (Å²) in [7, 11) is -4.22. The van der Waals surface area contributed by atoms with Gasteiger partial charge in [0.1, 0.15) is 4.90 Å². The Morgan fingerprint density at radius 3 is 2.44 bits per heavy atom. The molecular weight excluding hydrogens is 352 g/mol. The molecule has 25 heavy (non-hydrogen) atoms. The van der Waals surface area contributed by atoms with E-state index in [-0.39, 0.29) is 21.9 Å². The topological polar surface area (TPSA) is 154 Å². The smallest absolute Gasteiger partial charge is 0.339 e. The highest BCUT2D eigenvalue weighted by Gasteiger charge is 2.19. The maximum Gasteiger partial charge on any atom is 0.339 e. The summed E-state index contributed by atoms with van der Waals surface area (Å²) in [6.45, 7) is 0. The van der Waals surface area contributed by atoms with E-state index in [1.807, 2.05) is 5.43 Å². The number of benzene rings is 2. The molecule has 3 N–H and O–H groups in total. The minimum Gasteiger partial charge on any atom is -0.378 e. The highest BCUT2D eigenvalue weighted by atomic mass is 32.2. The molecule has 0 fully saturated rings. The monoisotopic (exact) mass is 364 g/mol. The van der Waals surface area contributed by atoms with E-state index in [2.05, 4.69) is 5.10 Å². The molecule has 0 heterocycles. The van der Waals surface area contributed by atoms with Gasteiger partial charge in [-0.1, -0.05) is 12.1 Å². The second kappa shape index (κ2) is 7.40. The molecule has 0 saturated heterocycles. The largest absolute Gasteiger partial charge is 0.378 e. The number of hydrogen-bond donors (Lipinski definition) is 2. The molecule has 0 aliphatic heterocycles. The molecular formula is C14H12N4O6S. The van der Waals surface area contributed by atoms with Crippen molar-refractivity contribution in [1.82, 2.24) is 5.43 Å². The van der Waals surface area contributed by atoms with E-state index in [1.165, 1.54) is 12.1 Å². The molecule has 2 aromatic rings. The van der Waals surface area contributed by atoms with Gasteiger partial charge in [-0.25, -0.2) is 10.2 Å². The van der Waals surface area contributed by atoms with Crippen LogP contribution in [-0.2, 0) is 10.1 Å². The van der Waals surface area contributed by atoms with Crippen LogP contribution in [-0.4, -0.2) is 25.6 Å². The number of hydrazone groups is 1. The van der Waals surface area contributed by atoms with Crippen LogP contribution in [0, 0.1) is 10.1 Å². The lowest BCUT2D eigenvalue weighted by Gasteiger charge is -2.09. The number of nitrogens with zero attached hydrogens (tertiary/aromatic N) is 2. The summed E-state index contributed by atoms with van der Waals surface area (Å²) in [4.78, 5) is 20.3. The van der Waals surface area contributed by atoms with Crippen LogP contribution in [0.25, 0.3) is 0 Å². The van der Waals surface area contributed by atoms with Gasteiger partial charge in [-0.15, -0.1) is 0 Å². The van der Waals surface area contributed by atoms with Gasteiger partial charge in [-0.2, -0.15) is 13.5 Å². The Kier molecular flexibility index (Phi) is 5.29. The molecule has 0 radical (unpaired) electrons. The summed E-state index contributed by atoms with van der Waals surface area (Å²) in [6, 6.07) is 9.41. The van der Waals surface area contributed by atoms with E-state index in [9.17, 15) is 23.3 Å². The predicted molar refractivity (Wildman–Crippen MR) is 87.7 cm³/mol. The third kappa shape index (κ3) is 4.75. The number of amides is 2. The van der Waals surface area contributed by atoms with Gasteiger partial charge < -0.3 is 9.92 Å². The molecule has 11 heteroatoms. The van der Waals surface area contributed by atoms with Crippen LogP contribution in [0.5, 0.6) is 5.75 Å². The number of hydrogen-bond acceptors (Lipinski definition) is 7. The lowest BCUT2D eigenvalue weighted by molar-refractivity contribution is -0.384. The van der Waals surface area contributed by atoms with Crippen molar-refractivity contribution >= 4 is 28.1 Å². The number of carbonyl (C=O) groups excluding carboxylic acids is 1. The van der Waals surface area contributed by atoms with Crippen LogP contribution in [0.1, 0.15) is 5.56 Å². The Bertz CT molecular complexity index is 925. The molecule has 0 aromatic heterocycles. The van der Waals surface area contributed by atoms with Crippen molar-refractivity contribution < 1.29 is 22.3 Å². The van der Waals surface area contributed by atoms with E-state index < -0.39 is 21.1 Å². The molecule has 0 aliphatic rings. The fourth-order valence-corrected chi connectivity index (χ4v) is 2.68. The van der Waals surface area contributed by atoms with Gasteiger partial charge in [0.15, 0.2) is 5.75 Å². The lowest BCUT2D eigenvalue weighted by Crippen LogP contribution is -2.24. The minimum absolute atomic E-state index is 0.0455. The van der Waals surface area contributed by atoms with Crippen LogP contribution in [0.2, 0.25) is 0 Å². The van der Waals surface area contributed by atoms with E-state index in [0.717, 1.165) is 30.5 Å². The number of nitro benzene ring substituents is 1. The van der Waals surface area contributed by atoms with E-state index in [1.54, 1.807) is 12.1 Å². The normalized spacial score (nSPS) is 11.2. The van der Waals surface area contributed by atoms with Crippen LogP contribution in [0.4, 0.5) is 10.5 Å². The molecule has 0 aliphatic carbocycles. The number of nitrogens with one attached hydrogen (secondary N) is 1. The fraction of sp³-hybridized carbons (Fsp3) is 0. The molecule has 2 amide bonds. The zero-order chi connectivity index (χ0) is 18.4. The first-order valence-electron chi connectivity index (χ1n) is 6.66. The molecule has 0 atom stereocenters. The Hall–Kier alpha value is -3.47. The maximum atomic E-state index is 12.3. The number of para-hydroxylation sites is 1. The molecule has 10 nitrogen and oxygen atoms in total. The molecule has 0 saturated carbocycles. The van der Waals surface area contributed by atoms with Crippen molar-refractivity contribution in [3.63, 3.8) is 0 Å². The lowest BCUT2D eigenvalue weighted by atomic mass is 10.2. The van der Waals surface area contributed by atoms with E-state index in [4.69, 9.17) is 9.92 Å². The summed E-state index contributed by atoms with van der Waals surface area (Å²) in [6.07, 6.45) is 1.16. The molecule has 130 valence electrons. The first-order valence-corrected chi connectivity index (χ1v) is 8.07. The van der Waals surface area contributed by atoms with Crippen molar-refractivity contribution in [2.75, 3.05) is 0 Å². The maximum absolute atomic E-state index is 12.3. The van der Waals surface area contributed by atoms with Crippen molar-refractivity contribution in [1.29, 1.82) is 0 Å². The van der Waals surface area contributed by atoms with Gasteiger partial charge in [0.25, 0.3) is 5.69 Å². The summed E-state index contributed by atoms with van der Waals surface area (Å²) < 4.78 is 29.6. The van der Waals surface area contributed by atoms with Crippen LogP contribution in [0.15, 0.2) is 58.5 Å². The Morgan fingerprint density at radius 2 is 1.84 bits per heavy atom. The summed E-state index contributed by atoms with van der Waals surface area (Å²) in [5.41, 5.74) is 6.86. The van der Waals surface area contributed by atoms with Gasteiger partial charge in [-0.05, 0) is 24.3 Å². The first-order chi connectivity index (χ1) is 11.8. The van der Waals surface area contributed by atoms with Gasteiger partial charge in [0.05, 0.1) is 11.1 Å². The minimum atomic E-state index is -4.22. The van der Waals surface area contributed by atoms with Gasteiger partial charge >= 0.3 is 16.1 Å². The second-order valence-corrected chi connectivity index (χ2v) is 6.11. The molecule has 0 unspecified atom stereocenters. The van der Waals surface area contributed by atoms with Crippen molar-refractivity contribution in [2.24, 2.45) is 10.8 Å². The highest BCUT2D eigenvalue weighted by Crippen LogP contribution is 2.23. The predicted octanol–water partition coefficient (Wildman–Crippen LogP) is 1.36. The number of rotatable bonds is 6. The summed E-state index contributed by atoms with van der Waals surface area (Å²) in [5.74, 6) is -0.0455. The van der Waals surface area contributed by atoms with E-state index >= 15 is 0 Å². The molecule has 2 rings (SSSR count). The zero-order valence-electron chi connectivity index (χ0n) is 12.5. The average molecular weight is 364 g/mol. The number of nitrogens with two attached hydrogens (primary N) is 1.